The zero-order valence-electron chi connectivity index (χ0n) is 9.53. The van der Waals surface area contributed by atoms with Crippen LogP contribution in [0.15, 0.2) is 0 Å². The third-order valence-corrected chi connectivity index (χ3v) is 4.59. The number of hydrogen-bond acceptors (Lipinski definition) is 3. The standard InChI is InChI=1S/C9H20BO3P/c1-4-7-8(6-9(10)12-7)13-14(3,11)5-2/h7-9H,4-6,10H2,1-3H3/t7-,8?,9-,14?/m1/s1. The monoisotopic (exact) mass is 218 g/mol. The fourth-order valence-corrected chi connectivity index (χ4v) is 2.70. The van der Waals surface area contributed by atoms with Crippen LogP contribution in [0.2, 0.25) is 0 Å². The quantitative estimate of drug-likeness (QED) is 0.529. The maximum absolute atomic E-state index is 11.8. The molecule has 1 aliphatic heterocycles. The van der Waals surface area contributed by atoms with Gasteiger partial charge in [-0.15, -0.1) is 0 Å². The lowest BCUT2D eigenvalue weighted by Gasteiger charge is -2.21. The Hall–Kier alpha value is 0.215. The molecule has 2 unspecified atom stereocenters. The minimum Gasteiger partial charge on any atom is -0.381 e. The first-order valence-corrected chi connectivity index (χ1v) is 7.64. The highest BCUT2D eigenvalue weighted by Gasteiger charge is 2.35. The van der Waals surface area contributed by atoms with Gasteiger partial charge < -0.3 is 9.26 Å². The molecular formula is C9H20BO3P. The first-order valence-electron chi connectivity index (χ1n) is 5.39. The van der Waals surface area contributed by atoms with Crippen LogP contribution in [-0.4, -0.2) is 38.9 Å². The van der Waals surface area contributed by atoms with Gasteiger partial charge in [0.05, 0.1) is 12.2 Å². The predicted molar refractivity (Wildman–Crippen MR) is 61.1 cm³/mol. The van der Waals surface area contributed by atoms with Crippen molar-refractivity contribution in [1.29, 1.82) is 0 Å². The summed E-state index contributed by atoms with van der Waals surface area (Å²) in [7, 11) is -0.339. The van der Waals surface area contributed by atoms with Crippen molar-refractivity contribution in [3.05, 3.63) is 0 Å². The van der Waals surface area contributed by atoms with E-state index in [0.717, 1.165) is 12.8 Å². The molecule has 3 nitrogen and oxygen atoms in total. The van der Waals surface area contributed by atoms with E-state index < -0.39 is 7.37 Å². The average Bonchev–Trinajstić information content (AvgIpc) is 2.45. The molecule has 0 bridgehead atoms. The van der Waals surface area contributed by atoms with Gasteiger partial charge in [-0.1, -0.05) is 13.8 Å². The van der Waals surface area contributed by atoms with Crippen molar-refractivity contribution < 1.29 is 13.8 Å². The van der Waals surface area contributed by atoms with Crippen LogP contribution in [0.25, 0.3) is 0 Å². The van der Waals surface area contributed by atoms with Crippen LogP contribution in [0, 0.1) is 0 Å². The van der Waals surface area contributed by atoms with E-state index in [0.29, 0.717) is 6.16 Å². The molecule has 0 N–H and O–H groups in total. The van der Waals surface area contributed by atoms with Gasteiger partial charge in [0, 0.05) is 18.8 Å². The first-order chi connectivity index (χ1) is 6.48. The summed E-state index contributed by atoms with van der Waals surface area (Å²) in [5.74, 6) is 0. The van der Waals surface area contributed by atoms with Gasteiger partial charge in [-0.3, -0.25) is 4.57 Å². The highest BCUT2D eigenvalue weighted by molar-refractivity contribution is 7.58. The van der Waals surface area contributed by atoms with Gasteiger partial charge in [0.15, 0.2) is 7.37 Å². The van der Waals surface area contributed by atoms with Gasteiger partial charge in [0.2, 0.25) is 0 Å². The molecule has 5 heteroatoms. The van der Waals surface area contributed by atoms with Crippen LogP contribution < -0.4 is 0 Å². The van der Waals surface area contributed by atoms with Crippen LogP contribution >= 0.6 is 7.37 Å². The Morgan fingerprint density at radius 2 is 2.21 bits per heavy atom. The summed E-state index contributed by atoms with van der Waals surface area (Å²) in [6.07, 6.45) is 2.57. The molecule has 0 aromatic carbocycles. The molecule has 0 radical (unpaired) electrons. The normalized spacial score (nSPS) is 36.9. The smallest absolute Gasteiger partial charge is 0.200 e. The maximum atomic E-state index is 11.8. The zero-order valence-corrected chi connectivity index (χ0v) is 10.4. The highest BCUT2D eigenvalue weighted by Crippen LogP contribution is 2.46. The van der Waals surface area contributed by atoms with E-state index in [1.807, 2.05) is 14.8 Å². The number of ether oxygens (including phenoxy) is 1. The Morgan fingerprint density at radius 3 is 2.71 bits per heavy atom. The van der Waals surface area contributed by atoms with Gasteiger partial charge in [-0.2, -0.15) is 0 Å². The fraction of sp³-hybridized carbons (Fsp3) is 1.00. The Morgan fingerprint density at radius 1 is 1.57 bits per heavy atom. The molecule has 0 aromatic heterocycles. The van der Waals surface area contributed by atoms with E-state index in [1.54, 1.807) is 6.66 Å². The second kappa shape index (κ2) is 4.83. The number of rotatable bonds is 4. The van der Waals surface area contributed by atoms with Crippen molar-refractivity contribution in [3.8, 4) is 0 Å². The third-order valence-electron chi connectivity index (χ3n) is 2.72. The van der Waals surface area contributed by atoms with Crippen molar-refractivity contribution >= 4 is 15.2 Å². The lowest BCUT2D eigenvalue weighted by molar-refractivity contribution is 0.0412. The summed E-state index contributed by atoms with van der Waals surface area (Å²) < 4.78 is 23.1. The first kappa shape index (κ1) is 12.3. The van der Waals surface area contributed by atoms with Crippen molar-refractivity contribution in [3.63, 3.8) is 0 Å². The molecule has 0 amide bonds. The summed E-state index contributed by atoms with van der Waals surface area (Å²) in [5.41, 5.74) is 0. The maximum Gasteiger partial charge on any atom is 0.200 e. The van der Waals surface area contributed by atoms with Crippen molar-refractivity contribution in [2.75, 3.05) is 12.8 Å². The molecule has 4 atom stereocenters. The van der Waals surface area contributed by atoms with Crippen LogP contribution in [0.4, 0.5) is 0 Å². The molecule has 0 aromatic rings. The van der Waals surface area contributed by atoms with E-state index in [1.165, 1.54) is 0 Å². The summed E-state index contributed by atoms with van der Waals surface area (Å²) in [5, 5.41) is 0. The molecule has 1 saturated heterocycles. The predicted octanol–water partition coefficient (Wildman–Crippen LogP) is 1.46. The van der Waals surface area contributed by atoms with Gasteiger partial charge in [-0.25, -0.2) is 0 Å². The molecule has 1 aliphatic rings. The molecule has 1 fully saturated rings. The minimum absolute atomic E-state index is 0.0331. The van der Waals surface area contributed by atoms with E-state index in [-0.39, 0.29) is 18.2 Å². The van der Waals surface area contributed by atoms with Gasteiger partial charge in [0.1, 0.15) is 7.85 Å². The molecule has 1 heterocycles. The van der Waals surface area contributed by atoms with Crippen molar-refractivity contribution in [1.82, 2.24) is 0 Å². The van der Waals surface area contributed by atoms with Gasteiger partial charge >= 0.3 is 0 Å². The van der Waals surface area contributed by atoms with Crippen LogP contribution in [0.1, 0.15) is 26.7 Å². The molecular weight excluding hydrogens is 198 g/mol. The Labute approximate surface area is 87.4 Å². The summed E-state index contributed by atoms with van der Waals surface area (Å²) in [4.78, 5) is 0. The average molecular weight is 218 g/mol. The van der Waals surface area contributed by atoms with E-state index in [4.69, 9.17) is 9.26 Å². The molecule has 82 valence electrons. The van der Waals surface area contributed by atoms with Crippen molar-refractivity contribution in [2.45, 2.75) is 44.9 Å². The van der Waals surface area contributed by atoms with E-state index >= 15 is 0 Å². The summed E-state index contributed by atoms with van der Waals surface area (Å²) >= 11 is 0. The summed E-state index contributed by atoms with van der Waals surface area (Å²) in [6.45, 7) is 5.69. The van der Waals surface area contributed by atoms with E-state index in [9.17, 15) is 4.57 Å². The van der Waals surface area contributed by atoms with Crippen LogP contribution in [-0.2, 0) is 13.8 Å². The molecule has 14 heavy (non-hydrogen) atoms. The second-order valence-corrected chi connectivity index (χ2v) is 6.97. The third kappa shape index (κ3) is 3.11. The zero-order chi connectivity index (χ0) is 10.8. The lowest BCUT2D eigenvalue weighted by atomic mass is 9.96. The Balaban J connectivity index is 2.55. The lowest BCUT2D eigenvalue weighted by Crippen LogP contribution is -2.22. The molecule has 0 saturated carbocycles. The molecule has 0 aliphatic carbocycles. The van der Waals surface area contributed by atoms with Gasteiger partial charge in [-0.05, 0) is 12.8 Å². The Kier molecular flexibility index (Phi) is 4.23. The molecule has 1 rings (SSSR count). The minimum atomic E-state index is -2.38. The topological polar surface area (TPSA) is 35.5 Å². The highest BCUT2D eigenvalue weighted by atomic mass is 31.2. The largest absolute Gasteiger partial charge is 0.381 e. The summed E-state index contributed by atoms with van der Waals surface area (Å²) in [6, 6.07) is 0.238. The van der Waals surface area contributed by atoms with Gasteiger partial charge in [0.25, 0.3) is 0 Å². The van der Waals surface area contributed by atoms with Crippen LogP contribution in [0.3, 0.4) is 0 Å². The van der Waals surface area contributed by atoms with Crippen LogP contribution in [0.5, 0.6) is 0 Å². The number of hydrogen-bond donors (Lipinski definition) is 0. The van der Waals surface area contributed by atoms with Crippen molar-refractivity contribution in [2.24, 2.45) is 0 Å². The second-order valence-electron chi connectivity index (χ2n) is 4.10. The fourth-order valence-electron chi connectivity index (χ4n) is 1.75. The van der Waals surface area contributed by atoms with E-state index in [2.05, 4.69) is 6.92 Å². The SMILES string of the molecule is B[C@H]1CC(OP(C)(=O)CC)[C@@H](CC)O1. The Bertz CT molecular complexity index is 234. The molecule has 0 spiro atoms.